The smallest absolute Gasteiger partial charge is 0.155 e. The van der Waals surface area contributed by atoms with Gasteiger partial charge in [-0.05, 0) is 34.7 Å². The molecule has 2 rings (SSSR count). The topological polar surface area (TPSA) is 12.9 Å². The summed E-state index contributed by atoms with van der Waals surface area (Å²) >= 11 is 9.17. The highest BCUT2D eigenvalue weighted by Crippen LogP contribution is 2.30. The van der Waals surface area contributed by atoms with Crippen LogP contribution in [0, 0.1) is 8.83 Å². The van der Waals surface area contributed by atoms with Gasteiger partial charge in [0.25, 0.3) is 0 Å². The highest BCUT2D eigenvalue weighted by atomic mass is 127. The van der Waals surface area contributed by atoms with E-state index in [0.29, 0.717) is 15.2 Å². The SMILES string of the molecule is Fc1ccc(Cl)c2nc(I)sc12. The van der Waals surface area contributed by atoms with Gasteiger partial charge in [0.2, 0.25) is 0 Å². The van der Waals surface area contributed by atoms with Crippen LogP contribution in [0.3, 0.4) is 0 Å². The van der Waals surface area contributed by atoms with E-state index in [4.69, 9.17) is 11.6 Å². The maximum atomic E-state index is 13.1. The van der Waals surface area contributed by atoms with Crippen molar-refractivity contribution in [1.29, 1.82) is 0 Å². The van der Waals surface area contributed by atoms with Gasteiger partial charge in [-0.2, -0.15) is 0 Å². The quantitative estimate of drug-likeness (QED) is 0.676. The van der Waals surface area contributed by atoms with E-state index in [2.05, 4.69) is 4.98 Å². The molecular weight excluding hydrogens is 312 g/mol. The van der Waals surface area contributed by atoms with Gasteiger partial charge < -0.3 is 0 Å². The van der Waals surface area contributed by atoms with E-state index < -0.39 is 0 Å². The van der Waals surface area contributed by atoms with Gasteiger partial charge in [-0.25, -0.2) is 9.37 Å². The first-order chi connectivity index (χ1) is 5.68. The summed E-state index contributed by atoms with van der Waals surface area (Å²) in [5, 5.41) is 0.505. The largest absolute Gasteiger partial charge is 0.228 e. The molecule has 2 aromatic rings. The van der Waals surface area contributed by atoms with Crippen LogP contribution in [0.25, 0.3) is 10.2 Å². The van der Waals surface area contributed by atoms with Crippen LogP contribution < -0.4 is 0 Å². The molecular formula is C7H2ClFINS. The maximum absolute atomic E-state index is 13.1. The van der Waals surface area contributed by atoms with E-state index in [-0.39, 0.29) is 5.82 Å². The summed E-state index contributed by atoms with van der Waals surface area (Å²) in [4.78, 5) is 4.11. The van der Waals surface area contributed by atoms with Gasteiger partial charge in [0, 0.05) is 0 Å². The summed E-state index contributed by atoms with van der Waals surface area (Å²) in [5.41, 5.74) is 0.561. The van der Waals surface area contributed by atoms with Crippen molar-refractivity contribution in [3.05, 3.63) is 26.0 Å². The summed E-state index contributed by atoms with van der Waals surface area (Å²) in [6.45, 7) is 0. The summed E-state index contributed by atoms with van der Waals surface area (Å²) in [6.07, 6.45) is 0. The first-order valence-electron chi connectivity index (χ1n) is 3.08. The first-order valence-corrected chi connectivity index (χ1v) is 5.36. The lowest BCUT2D eigenvalue weighted by atomic mass is 10.3. The zero-order valence-electron chi connectivity index (χ0n) is 5.64. The number of nitrogens with zero attached hydrogens (tertiary/aromatic N) is 1. The van der Waals surface area contributed by atoms with E-state index in [1.807, 2.05) is 22.6 Å². The minimum Gasteiger partial charge on any atom is -0.228 e. The second-order valence-electron chi connectivity index (χ2n) is 2.17. The Morgan fingerprint density at radius 1 is 1.50 bits per heavy atom. The number of rotatable bonds is 0. The van der Waals surface area contributed by atoms with Crippen LogP contribution in [0.1, 0.15) is 0 Å². The second-order valence-corrected chi connectivity index (χ2v) is 5.33. The minimum absolute atomic E-state index is 0.255. The molecule has 1 aromatic heterocycles. The van der Waals surface area contributed by atoms with Crippen LogP contribution in [0.2, 0.25) is 5.02 Å². The third kappa shape index (κ3) is 1.31. The van der Waals surface area contributed by atoms with Crippen LogP contribution in [0.15, 0.2) is 12.1 Å². The fourth-order valence-corrected chi connectivity index (χ4v) is 2.80. The van der Waals surface area contributed by atoms with E-state index in [9.17, 15) is 4.39 Å². The van der Waals surface area contributed by atoms with E-state index in [0.717, 1.165) is 3.01 Å². The Morgan fingerprint density at radius 3 is 2.92 bits per heavy atom. The van der Waals surface area contributed by atoms with Crippen molar-refractivity contribution in [1.82, 2.24) is 4.98 Å². The molecule has 1 aromatic carbocycles. The molecule has 0 spiro atoms. The summed E-state index contributed by atoms with van der Waals surface area (Å²) in [6, 6.07) is 2.88. The normalized spacial score (nSPS) is 10.9. The van der Waals surface area contributed by atoms with Crippen LogP contribution in [0.4, 0.5) is 4.39 Å². The zero-order valence-corrected chi connectivity index (χ0v) is 9.37. The van der Waals surface area contributed by atoms with Crippen molar-refractivity contribution in [2.75, 3.05) is 0 Å². The first kappa shape index (κ1) is 8.65. The average Bonchev–Trinajstić information content (AvgIpc) is 2.41. The van der Waals surface area contributed by atoms with Gasteiger partial charge >= 0.3 is 0 Å². The maximum Gasteiger partial charge on any atom is 0.155 e. The van der Waals surface area contributed by atoms with Crippen LogP contribution >= 0.6 is 45.5 Å². The molecule has 0 aliphatic carbocycles. The number of hydrogen-bond acceptors (Lipinski definition) is 2. The van der Waals surface area contributed by atoms with Gasteiger partial charge in [-0.1, -0.05) is 11.6 Å². The van der Waals surface area contributed by atoms with E-state index in [1.165, 1.54) is 23.5 Å². The third-order valence-electron chi connectivity index (χ3n) is 1.42. The molecule has 0 aliphatic rings. The standard InChI is InChI=1S/C7H2ClFINS/c8-3-1-2-4(9)6-5(3)11-7(10)12-6/h1-2H. The Morgan fingerprint density at radius 2 is 2.25 bits per heavy atom. The number of fused-ring (bicyclic) bond motifs is 1. The number of thiazole rings is 1. The van der Waals surface area contributed by atoms with Gasteiger partial charge in [0.05, 0.1) is 9.72 Å². The van der Waals surface area contributed by atoms with Crippen molar-refractivity contribution in [3.8, 4) is 0 Å². The molecule has 0 atom stereocenters. The minimum atomic E-state index is -0.255. The average molecular weight is 314 g/mol. The molecule has 0 saturated heterocycles. The lowest BCUT2D eigenvalue weighted by molar-refractivity contribution is 0.641. The van der Waals surface area contributed by atoms with Crippen molar-refractivity contribution in [2.45, 2.75) is 0 Å². The predicted octanol–water partition coefficient (Wildman–Crippen LogP) is 3.69. The predicted molar refractivity (Wildman–Crippen MR) is 57.3 cm³/mol. The summed E-state index contributed by atoms with van der Waals surface area (Å²) in [7, 11) is 0. The summed E-state index contributed by atoms with van der Waals surface area (Å²) < 4.78 is 14.4. The van der Waals surface area contributed by atoms with Gasteiger partial charge in [0.15, 0.2) is 3.01 Å². The Kier molecular flexibility index (Phi) is 2.22. The van der Waals surface area contributed by atoms with Crippen LogP contribution in [0.5, 0.6) is 0 Å². The van der Waals surface area contributed by atoms with Crippen LogP contribution in [-0.2, 0) is 0 Å². The molecule has 0 bridgehead atoms. The molecule has 0 aliphatic heterocycles. The van der Waals surface area contributed by atoms with E-state index in [1.54, 1.807) is 0 Å². The highest BCUT2D eigenvalue weighted by molar-refractivity contribution is 14.1. The van der Waals surface area contributed by atoms with Crippen molar-refractivity contribution >= 4 is 55.7 Å². The fourth-order valence-electron chi connectivity index (χ4n) is 0.919. The highest BCUT2D eigenvalue weighted by Gasteiger charge is 2.09. The molecule has 1 nitrogen and oxygen atoms in total. The molecule has 0 saturated carbocycles. The Balaban J connectivity index is 2.93. The third-order valence-corrected chi connectivity index (χ3v) is 3.48. The Bertz CT molecular complexity index is 403. The number of halogens is 3. The zero-order chi connectivity index (χ0) is 8.72. The Labute approximate surface area is 90.7 Å². The molecule has 0 amide bonds. The van der Waals surface area contributed by atoms with E-state index >= 15 is 0 Å². The number of aromatic nitrogens is 1. The lowest BCUT2D eigenvalue weighted by Crippen LogP contribution is -1.75. The fraction of sp³-hybridized carbons (Fsp3) is 0. The molecule has 0 N–H and O–H groups in total. The molecule has 0 unspecified atom stereocenters. The molecule has 12 heavy (non-hydrogen) atoms. The second kappa shape index (κ2) is 3.08. The molecule has 62 valence electrons. The van der Waals surface area contributed by atoms with Crippen molar-refractivity contribution in [2.24, 2.45) is 0 Å². The van der Waals surface area contributed by atoms with Crippen LogP contribution in [-0.4, -0.2) is 4.98 Å². The molecule has 5 heteroatoms. The molecule has 0 fully saturated rings. The number of hydrogen-bond donors (Lipinski definition) is 0. The Hall–Kier alpha value is 0.0600. The monoisotopic (exact) mass is 313 g/mol. The lowest BCUT2D eigenvalue weighted by Gasteiger charge is -1.91. The van der Waals surface area contributed by atoms with Gasteiger partial charge in [-0.3, -0.25) is 0 Å². The van der Waals surface area contributed by atoms with Crippen molar-refractivity contribution in [3.63, 3.8) is 0 Å². The molecule has 0 radical (unpaired) electrons. The van der Waals surface area contributed by atoms with Crippen molar-refractivity contribution < 1.29 is 4.39 Å². The van der Waals surface area contributed by atoms with Gasteiger partial charge in [0.1, 0.15) is 11.3 Å². The molecule has 1 heterocycles. The van der Waals surface area contributed by atoms with Gasteiger partial charge in [-0.15, -0.1) is 11.3 Å². The summed E-state index contributed by atoms with van der Waals surface area (Å²) in [5.74, 6) is -0.255. The number of benzene rings is 1.